The van der Waals surface area contributed by atoms with Gasteiger partial charge in [0.2, 0.25) is 0 Å². The molecule has 0 N–H and O–H groups in total. The number of hydrogen-bond acceptors (Lipinski definition) is 3. The lowest BCUT2D eigenvalue weighted by Gasteiger charge is -2.49. The molecule has 0 bridgehead atoms. The van der Waals surface area contributed by atoms with Gasteiger partial charge in [-0.2, -0.15) is 0 Å². The number of ether oxygens (including phenoxy) is 1. The van der Waals surface area contributed by atoms with E-state index in [1.165, 1.54) is 36.1 Å². The van der Waals surface area contributed by atoms with Crippen LogP contribution in [0.1, 0.15) is 37.1 Å². The first-order valence-electron chi connectivity index (χ1n) is 7.96. The van der Waals surface area contributed by atoms with Crippen LogP contribution >= 0.6 is 0 Å². The molecule has 4 rings (SSSR count). The normalized spacial score (nSPS) is 29.3. The molecule has 0 amide bonds. The van der Waals surface area contributed by atoms with Crippen LogP contribution in [0.15, 0.2) is 28.7 Å². The summed E-state index contributed by atoms with van der Waals surface area (Å²) in [5.41, 5.74) is 2.61. The molecule has 3 heterocycles. The van der Waals surface area contributed by atoms with Gasteiger partial charge in [0.05, 0.1) is 12.6 Å². The Morgan fingerprint density at radius 1 is 1.33 bits per heavy atom. The largest absolute Gasteiger partial charge is 0.459 e. The molecule has 1 aromatic heterocycles. The van der Waals surface area contributed by atoms with Gasteiger partial charge in [-0.25, -0.2) is 0 Å². The molecule has 0 unspecified atom stereocenters. The molecule has 112 valence electrons. The van der Waals surface area contributed by atoms with Crippen LogP contribution in [0.2, 0.25) is 0 Å². The second-order valence-corrected chi connectivity index (χ2v) is 6.82. The Balaban J connectivity index is 1.87. The standard InChI is InChI=1S/C18H23NO2/c1-18(12-20-2)9-5-10-19-11-8-14-13-6-3-4-7-15(13)21-16(14)17(18)19/h3-4,6-7,17H,5,8-12H2,1-2H3/t17-,18-/m0/s1. The van der Waals surface area contributed by atoms with E-state index in [0.717, 1.165) is 25.2 Å². The summed E-state index contributed by atoms with van der Waals surface area (Å²) in [6, 6.07) is 8.82. The van der Waals surface area contributed by atoms with E-state index in [0.29, 0.717) is 6.04 Å². The zero-order valence-electron chi connectivity index (χ0n) is 12.9. The number of piperidine rings is 1. The minimum atomic E-state index is 0.149. The van der Waals surface area contributed by atoms with Gasteiger partial charge >= 0.3 is 0 Å². The third-order valence-electron chi connectivity index (χ3n) is 5.32. The summed E-state index contributed by atoms with van der Waals surface area (Å²) in [6.45, 7) is 5.47. The second kappa shape index (κ2) is 4.85. The molecule has 2 atom stereocenters. The summed E-state index contributed by atoms with van der Waals surface area (Å²) in [5.74, 6) is 1.20. The van der Waals surface area contributed by atoms with Crippen molar-refractivity contribution < 1.29 is 9.15 Å². The van der Waals surface area contributed by atoms with E-state index in [2.05, 4.69) is 36.1 Å². The third-order valence-corrected chi connectivity index (χ3v) is 5.32. The number of rotatable bonds is 2. The molecule has 0 radical (unpaired) electrons. The highest BCUT2D eigenvalue weighted by Crippen LogP contribution is 2.50. The quantitative estimate of drug-likeness (QED) is 0.839. The minimum Gasteiger partial charge on any atom is -0.459 e. The minimum absolute atomic E-state index is 0.149. The van der Waals surface area contributed by atoms with Crippen LogP contribution in [0.4, 0.5) is 0 Å². The van der Waals surface area contributed by atoms with Crippen molar-refractivity contribution in [2.24, 2.45) is 5.41 Å². The van der Waals surface area contributed by atoms with Crippen molar-refractivity contribution in [3.05, 3.63) is 35.6 Å². The predicted octanol–water partition coefficient (Wildman–Crippen LogP) is 3.78. The van der Waals surface area contributed by atoms with E-state index in [1.54, 1.807) is 0 Å². The fraction of sp³-hybridized carbons (Fsp3) is 0.556. The van der Waals surface area contributed by atoms with E-state index in [9.17, 15) is 0 Å². The molecule has 21 heavy (non-hydrogen) atoms. The van der Waals surface area contributed by atoms with Crippen molar-refractivity contribution in [2.45, 2.75) is 32.2 Å². The number of furan rings is 1. The molecule has 2 aromatic rings. The summed E-state index contributed by atoms with van der Waals surface area (Å²) >= 11 is 0. The Hall–Kier alpha value is -1.32. The average molecular weight is 285 g/mol. The number of fused-ring (bicyclic) bond motifs is 5. The summed E-state index contributed by atoms with van der Waals surface area (Å²) in [6.07, 6.45) is 3.57. The Morgan fingerprint density at radius 3 is 3.05 bits per heavy atom. The van der Waals surface area contributed by atoms with Crippen LogP contribution in [-0.4, -0.2) is 31.7 Å². The van der Waals surface area contributed by atoms with E-state index >= 15 is 0 Å². The fourth-order valence-electron chi connectivity index (χ4n) is 4.45. The highest BCUT2D eigenvalue weighted by molar-refractivity contribution is 5.82. The van der Waals surface area contributed by atoms with Gasteiger partial charge in [-0.05, 0) is 31.9 Å². The smallest absolute Gasteiger partial charge is 0.134 e. The van der Waals surface area contributed by atoms with Crippen LogP contribution in [0.25, 0.3) is 11.0 Å². The molecule has 1 saturated heterocycles. The molecule has 0 spiro atoms. The SMILES string of the molecule is COC[C@]1(C)CCCN2CCc3c(oc4ccccc34)[C@H]21. The molecule has 1 aromatic carbocycles. The summed E-state index contributed by atoms with van der Waals surface area (Å²) in [4.78, 5) is 2.60. The Morgan fingerprint density at radius 2 is 2.19 bits per heavy atom. The first kappa shape index (κ1) is 13.4. The van der Waals surface area contributed by atoms with Crippen molar-refractivity contribution in [3.8, 4) is 0 Å². The van der Waals surface area contributed by atoms with Crippen LogP contribution in [0.5, 0.6) is 0 Å². The maximum absolute atomic E-state index is 6.30. The van der Waals surface area contributed by atoms with Gasteiger partial charge < -0.3 is 9.15 Å². The number of methoxy groups -OCH3 is 1. The van der Waals surface area contributed by atoms with Crippen molar-refractivity contribution >= 4 is 11.0 Å². The topological polar surface area (TPSA) is 25.6 Å². The Bertz CT molecular complexity index is 658. The van der Waals surface area contributed by atoms with Gasteiger partial charge in [0.25, 0.3) is 0 Å². The molecule has 1 fully saturated rings. The predicted molar refractivity (Wildman–Crippen MR) is 83.4 cm³/mol. The van der Waals surface area contributed by atoms with E-state index in [-0.39, 0.29) is 5.41 Å². The van der Waals surface area contributed by atoms with Crippen LogP contribution in [-0.2, 0) is 11.2 Å². The van der Waals surface area contributed by atoms with E-state index in [4.69, 9.17) is 9.15 Å². The molecular weight excluding hydrogens is 262 g/mol. The fourth-order valence-corrected chi connectivity index (χ4v) is 4.45. The summed E-state index contributed by atoms with van der Waals surface area (Å²) in [5, 5.41) is 1.30. The lowest BCUT2D eigenvalue weighted by molar-refractivity contribution is -0.0428. The number of nitrogens with zero attached hydrogens (tertiary/aromatic N) is 1. The van der Waals surface area contributed by atoms with Crippen LogP contribution < -0.4 is 0 Å². The first-order valence-corrected chi connectivity index (χ1v) is 7.96. The Labute approximate surface area is 125 Å². The van der Waals surface area contributed by atoms with Gasteiger partial charge in [-0.15, -0.1) is 0 Å². The van der Waals surface area contributed by atoms with Gasteiger partial charge in [-0.3, -0.25) is 4.90 Å². The highest BCUT2D eigenvalue weighted by atomic mass is 16.5. The highest BCUT2D eigenvalue weighted by Gasteiger charge is 2.46. The maximum Gasteiger partial charge on any atom is 0.134 e. The van der Waals surface area contributed by atoms with Crippen LogP contribution in [0, 0.1) is 5.41 Å². The van der Waals surface area contributed by atoms with Gasteiger partial charge in [-0.1, -0.05) is 25.1 Å². The monoisotopic (exact) mass is 285 g/mol. The molecule has 3 nitrogen and oxygen atoms in total. The van der Waals surface area contributed by atoms with Crippen molar-refractivity contribution in [1.82, 2.24) is 4.90 Å². The van der Waals surface area contributed by atoms with Gasteiger partial charge in [0.1, 0.15) is 11.3 Å². The molecular formula is C18H23NO2. The molecule has 0 aliphatic carbocycles. The lowest BCUT2D eigenvalue weighted by atomic mass is 9.72. The maximum atomic E-state index is 6.30. The van der Waals surface area contributed by atoms with Gasteiger partial charge in [0, 0.05) is 30.0 Å². The molecule has 2 aliphatic rings. The number of hydrogen-bond donors (Lipinski definition) is 0. The second-order valence-electron chi connectivity index (χ2n) is 6.82. The van der Waals surface area contributed by atoms with Crippen molar-refractivity contribution in [2.75, 3.05) is 26.8 Å². The Kier molecular flexibility index (Phi) is 3.09. The van der Waals surface area contributed by atoms with Crippen molar-refractivity contribution in [3.63, 3.8) is 0 Å². The van der Waals surface area contributed by atoms with E-state index in [1.807, 2.05) is 7.11 Å². The molecule has 0 saturated carbocycles. The molecule has 2 aliphatic heterocycles. The zero-order valence-corrected chi connectivity index (χ0v) is 12.9. The first-order chi connectivity index (χ1) is 10.2. The number of para-hydroxylation sites is 1. The summed E-state index contributed by atoms with van der Waals surface area (Å²) in [7, 11) is 1.81. The lowest BCUT2D eigenvalue weighted by Crippen LogP contribution is -2.49. The molecule has 3 heteroatoms. The van der Waals surface area contributed by atoms with E-state index < -0.39 is 0 Å². The van der Waals surface area contributed by atoms with Crippen LogP contribution in [0.3, 0.4) is 0 Å². The van der Waals surface area contributed by atoms with Gasteiger partial charge in [0.15, 0.2) is 0 Å². The third kappa shape index (κ3) is 1.95. The zero-order chi connectivity index (χ0) is 14.4. The average Bonchev–Trinajstić information content (AvgIpc) is 2.85. The van der Waals surface area contributed by atoms with Crippen molar-refractivity contribution in [1.29, 1.82) is 0 Å². The number of benzene rings is 1. The summed E-state index contributed by atoms with van der Waals surface area (Å²) < 4.78 is 11.9.